The lowest BCUT2D eigenvalue weighted by Crippen LogP contribution is -1.97. The van der Waals surface area contributed by atoms with Crippen molar-refractivity contribution in [2.75, 3.05) is 0 Å². The van der Waals surface area contributed by atoms with Gasteiger partial charge in [-0.05, 0) is 30.5 Å². The molecule has 0 heterocycles. The normalized spacial score (nSPS) is 9.65. The Bertz CT molecular complexity index is 547. The van der Waals surface area contributed by atoms with Gasteiger partial charge in [0.1, 0.15) is 5.82 Å². The first-order chi connectivity index (χ1) is 8.08. The van der Waals surface area contributed by atoms with Gasteiger partial charge in [0.2, 0.25) is 0 Å². The van der Waals surface area contributed by atoms with Crippen LogP contribution in [0.15, 0.2) is 30.3 Å². The fraction of sp³-hybridized carbons (Fsp3) is 0.214. The minimum absolute atomic E-state index is 0.0242. The SMILES string of the molecule is CC.Cc1ccc2cc(C(=O)O)cc(F)c2c1. The van der Waals surface area contributed by atoms with E-state index in [-0.39, 0.29) is 5.56 Å². The fourth-order valence-corrected chi connectivity index (χ4v) is 1.55. The highest BCUT2D eigenvalue weighted by Crippen LogP contribution is 2.21. The maximum absolute atomic E-state index is 13.5. The number of rotatable bonds is 1. The van der Waals surface area contributed by atoms with Crippen molar-refractivity contribution in [3.8, 4) is 0 Å². The van der Waals surface area contributed by atoms with Gasteiger partial charge in [-0.15, -0.1) is 0 Å². The van der Waals surface area contributed by atoms with Crippen molar-refractivity contribution >= 4 is 16.7 Å². The van der Waals surface area contributed by atoms with Crippen LogP contribution in [0.3, 0.4) is 0 Å². The maximum atomic E-state index is 13.5. The minimum Gasteiger partial charge on any atom is -0.478 e. The van der Waals surface area contributed by atoms with Crippen LogP contribution in [0.2, 0.25) is 0 Å². The van der Waals surface area contributed by atoms with Gasteiger partial charge in [-0.1, -0.05) is 31.5 Å². The summed E-state index contributed by atoms with van der Waals surface area (Å²) in [6.07, 6.45) is 0. The molecule has 0 aliphatic carbocycles. The molecule has 2 nitrogen and oxygen atoms in total. The molecule has 0 radical (unpaired) electrons. The summed E-state index contributed by atoms with van der Waals surface area (Å²) in [6.45, 7) is 5.87. The van der Waals surface area contributed by atoms with E-state index in [1.165, 1.54) is 6.07 Å². The summed E-state index contributed by atoms with van der Waals surface area (Å²) in [7, 11) is 0. The van der Waals surface area contributed by atoms with Crippen molar-refractivity contribution in [2.45, 2.75) is 20.8 Å². The van der Waals surface area contributed by atoms with Crippen molar-refractivity contribution in [2.24, 2.45) is 0 Å². The van der Waals surface area contributed by atoms with Crippen LogP contribution in [0.5, 0.6) is 0 Å². The molecule has 0 fully saturated rings. The molecule has 0 aliphatic heterocycles. The van der Waals surface area contributed by atoms with E-state index in [2.05, 4.69) is 0 Å². The zero-order valence-electron chi connectivity index (χ0n) is 10.1. The van der Waals surface area contributed by atoms with Crippen LogP contribution < -0.4 is 0 Å². The Kier molecular flexibility index (Phi) is 4.21. The Balaban J connectivity index is 0.000000686. The van der Waals surface area contributed by atoms with Crippen LogP contribution in [0.1, 0.15) is 29.8 Å². The van der Waals surface area contributed by atoms with Gasteiger partial charge in [-0.25, -0.2) is 9.18 Å². The largest absolute Gasteiger partial charge is 0.478 e. The summed E-state index contributed by atoms with van der Waals surface area (Å²) >= 11 is 0. The van der Waals surface area contributed by atoms with Gasteiger partial charge < -0.3 is 5.11 Å². The highest BCUT2D eigenvalue weighted by Gasteiger charge is 2.08. The first-order valence-corrected chi connectivity index (χ1v) is 5.51. The van der Waals surface area contributed by atoms with Crippen LogP contribution in [-0.4, -0.2) is 11.1 Å². The monoisotopic (exact) mass is 234 g/mol. The molecule has 2 aromatic rings. The van der Waals surface area contributed by atoms with Crippen LogP contribution in [0, 0.1) is 12.7 Å². The molecule has 0 spiro atoms. The van der Waals surface area contributed by atoms with E-state index in [1.54, 1.807) is 12.1 Å². The molecule has 0 atom stereocenters. The van der Waals surface area contributed by atoms with E-state index in [9.17, 15) is 9.18 Å². The van der Waals surface area contributed by atoms with Crippen LogP contribution in [0.4, 0.5) is 4.39 Å². The third-order valence-corrected chi connectivity index (χ3v) is 2.31. The standard InChI is InChI=1S/C12H9FO2.C2H6/c1-7-2-3-8-5-9(12(14)15)6-11(13)10(8)4-7;1-2/h2-6H,1H3,(H,14,15);1-2H3. The molecule has 0 aliphatic rings. The van der Waals surface area contributed by atoms with Gasteiger partial charge in [-0.3, -0.25) is 0 Å². The van der Waals surface area contributed by atoms with Gasteiger partial charge in [0.25, 0.3) is 0 Å². The second kappa shape index (κ2) is 5.43. The quantitative estimate of drug-likeness (QED) is 0.809. The first-order valence-electron chi connectivity index (χ1n) is 5.51. The van der Waals surface area contributed by atoms with E-state index in [4.69, 9.17) is 5.11 Å². The average molecular weight is 234 g/mol. The summed E-state index contributed by atoms with van der Waals surface area (Å²) in [4.78, 5) is 10.7. The average Bonchev–Trinajstić information content (AvgIpc) is 2.32. The molecule has 0 bridgehead atoms. The van der Waals surface area contributed by atoms with Crippen LogP contribution in [-0.2, 0) is 0 Å². The zero-order valence-corrected chi connectivity index (χ0v) is 10.1. The highest BCUT2D eigenvalue weighted by atomic mass is 19.1. The van der Waals surface area contributed by atoms with Crippen LogP contribution in [0.25, 0.3) is 10.8 Å². The molecular weight excluding hydrogens is 219 g/mol. The summed E-state index contributed by atoms with van der Waals surface area (Å²) in [6, 6.07) is 7.77. The van der Waals surface area contributed by atoms with Crippen molar-refractivity contribution in [1.29, 1.82) is 0 Å². The molecule has 0 saturated carbocycles. The summed E-state index contributed by atoms with van der Waals surface area (Å²) in [5, 5.41) is 9.82. The van der Waals surface area contributed by atoms with E-state index in [0.717, 1.165) is 11.6 Å². The molecule has 2 aromatic carbocycles. The van der Waals surface area contributed by atoms with Gasteiger partial charge >= 0.3 is 5.97 Å². The molecular formula is C14H15FO2. The van der Waals surface area contributed by atoms with Gasteiger partial charge in [-0.2, -0.15) is 0 Å². The molecule has 90 valence electrons. The number of carbonyl (C=O) groups is 1. The van der Waals surface area contributed by atoms with E-state index < -0.39 is 11.8 Å². The third-order valence-electron chi connectivity index (χ3n) is 2.31. The second-order valence-electron chi connectivity index (χ2n) is 3.49. The Hall–Kier alpha value is -1.90. The number of hydrogen-bond acceptors (Lipinski definition) is 1. The molecule has 3 heteroatoms. The number of halogens is 1. The molecule has 0 aromatic heterocycles. The van der Waals surface area contributed by atoms with Crippen molar-refractivity contribution in [3.05, 3.63) is 47.3 Å². The van der Waals surface area contributed by atoms with Crippen molar-refractivity contribution < 1.29 is 14.3 Å². The molecule has 0 saturated heterocycles. The Labute approximate surface area is 99.7 Å². The number of aromatic carboxylic acids is 1. The summed E-state index contributed by atoms with van der Waals surface area (Å²) in [5.41, 5.74) is 0.924. The van der Waals surface area contributed by atoms with E-state index in [1.807, 2.05) is 26.8 Å². The highest BCUT2D eigenvalue weighted by molar-refractivity contribution is 5.94. The lowest BCUT2D eigenvalue weighted by molar-refractivity contribution is 0.0696. The minimum atomic E-state index is -1.11. The lowest BCUT2D eigenvalue weighted by Gasteiger charge is -2.03. The van der Waals surface area contributed by atoms with E-state index >= 15 is 0 Å². The molecule has 1 N–H and O–H groups in total. The van der Waals surface area contributed by atoms with Crippen molar-refractivity contribution in [1.82, 2.24) is 0 Å². The number of carboxylic acids is 1. The third kappa shape index (κ3) is 2.81. The number of aryl methyl sites for hydroxylation is 1. The van der Waals surface area contributed by atoms with Gasteiger partial charge in [0.05, 0.1) is 5.56 Å². The number of carboxylic acid groups (broad SMARTS) is 1. The lowest BCUT2D eigenvalue weighted by atomic mass is 10.0. The smallest absolute Gasteiger partial charge is 0.335 e. The Morgan fingerprint density at radius 1 is 1.18 bits per heavy atom. The maximum Gasteiger partial charge on any atom is 0.335 e. The topological polar surface area (TPSA) is 37.3 Å². The number of hydrogen-bond donors (Lipinski definition) is 1. The molecule has 0 amide bonds. The fourth-order valence-electron chi connectivity index (χ4n) is 1.55. The predicted molar refractivity (Wildman–Crippen MR) is 67.0 cm³/mol. The van der Waals surface area contributed by atoms with Gasteiger partial charge in [0.15, 0.2) is 0 Å². The first kappa shape index (κ1) is 13.2. The number of fused-ring (bicyclic) bond motifs is 1. The number of benzene rings is 2. The van der Waals surface area contributed by atoms with Gasteiger partial charge in [0, 0.05) is 5.39 Å². The zero-order chi connectivity index (χ0) is 13.0. The van der Waals surface area contributed by atoms with E-state index in [0.29, 0.717) is 10.8 Å². The van der Waals surface area contributed by atoms with Crippen LogP contribution >= 0.6 is 0 Å². The second-order valence-corrected chi connectivity index (χ2v) is 3.49. The molecule has 2 rings (SSSR count). The predicted octanol–water partition coefficient (Wildman–Crippen LogP) is 4.01. The van der Waals surface area contributed by atoms with Crippen molar-refractivity contribution in [3.63, 3.8) is 0 Å². The molecule has 0 unspecified atom stereocenters. The Morgan fingerprint density at radius 2 is 1.82 bits per heavy atom. The summed E-state index contributed by atoms with van der Waals surface area (Å²) in [5.74, 6) is -1.61. The summed E-state index contributed by atoms with van der Waals surface area (Å²) < 4.78 is 13.5. The Morgan fingerprint density at radius 3 is 2.41 bits per heavy atom. The molecule has 17 heavy (non-hydrogen) atoms.